The van der Waals surface area contributed by atoms with Crippen LogP contribution in [0.25, 0.3) is 10.9 Å². The summed E-state index contributed by atoms with van der Waals surface area (Å²) in [6.45, 7) is 1.88. The van der Waals surface area contributed by atoms with Gasteiger partial charge in [-0.2, -0.15) is 13.2 Å². The van der Waals surface area contributed by atoms with Crippen molar-refractivity contribution in [2.45, 2.75) is 26.2 Å². The van der Waals surface area contributed by atoms with Gasteiger partial charge in [-0.1, -0.05) is 18.2 Å². The Bertz CT molecular complexity index is 1010. The first-order valence-corrected chi connectivity index (χ1v) is 7.99. The van der Waals surface area contributed by atoms with E-state index in [0.29, 0.717) is 11.3 Å². The number of benzene rings is 1. The standard InChI is InChI=1S/C17H14F3N5O/c1-10-12(8-11-4-2-3-5-13(11)21-10)15(26)24-6-7-25-14(9-24)22-23-16(25)17(18,19)20/h2-5,8H,6-7,9H2,1H3. The molecule has 0 atom stereocenters. The number of hydrogen-bond acceptors (Lipinski definition) is 4. The van der Waals surface area contributed by atoms with Crippen LogP contribution in [0.1, 0.15) is 27.7 Å². The largest absolute Gasteiger partial charge is 0.451 e. The Balaban J connectivity index is 1.64. The van der Waals surface area contributed by atoms with Crippen LogP contribution in [0.3, 0.4) is 0 Å². The van der Waals surface area contributed by atoms with Crippen LogP contribution in [-0.4, -0.2) is 37.1 Å². The molecule has 0 aliphatic carbocycles. The summed E-state index contributed by atoms with van der Waals surface area (Å²) in [5, 5.41) is 7.67. The maximum Gasteiger partial charge on any atom is 0.451 e. The van der Waals surface area contributed by atoms with Gasteiger partial charge in [0.2, 0.25) is 5.82 Å². The van der Waals surface area contributed by atoms with Crippen molar-refractivity contribution in [1.82, 2.24) is 24.6 Å². The van der Waals surface area contributed by atoms with Gasteiger partial charge in [-0.25, -0.2) is 0 Å². The Morgan fingerprint density at radius 3 is 2.69 bits per heavy atom. The van der Waals surface area contributed by atoms with E-state index in [-0.39, 0.29) is 31.4 Å². The topological polar surface area (TPSA) is 63.9 Å². The fourth-order valence-corrected chi connectivity index (χ4v) is 3.14. The van der Waals surface area contributed by atoms with Crippen LogP contribution in [0, 0.1) is 6.92 Å². The molecule has 26 heavy (non-hydrogen) atoms. The second-order valence-electron chi connectivity index (χ2n) is 6.13. The number of amides is 1. The third-order valence-electron chi connectivity index (χ3n) is 4.44. The lowest BCUT2D eigenvalue weighted by Crippen LogP contribution is -2.39. The molecule has 0 fully saturated rings. The predicted octanol–water partition coefficient (Wildman–Crippen LogP) is 2.81. The number of hydrogen-bond donors (Lipinski definition) is 0. The van der Waals surface area contributed by atoms with Gasteiger partial charge >= 0.3 is 6.18 Å². The molecule has 4 rings (SSSR count). The normalized spacial score (nSPS) is 14.5. The van der Waals surface area contributed by atoms with Crippen LogP contribution in [0.4, 0.5) is 13.2 Å². The highest BCUT2D eigenvalue weighted by Gasteiger charge is 2.40. The number of pyridine rings is 1. The molecule has 2 aromatic heterocycles. The fraction of sp³-hybridized carbons (Fsp3) is 0.294. The van der Waals surface area contributed by atoms with Gasteiger partial charge in [0.05, 0.1) is 23.3 Å². The van der Waals surface area contributed by atoms with Crippen molar-refractivity contribution >= 4 is 16.8 Å². The van der Waals surface area contributed by atoms with E-state index in [4.69, 9.17) is 0 Å². The summed E-state index contributed by atoms with van der Waals surface area (Å²) in [4.78, 5) is 18.8. The number of aryl methyl sites for hydroxylation is 1. The first-order chi connectivity index (χ1) is 12.3. The zero-order valence-corrected chi connectivity index (χ0v) is 13.8. The van der Waals surface area contributed by atoms with Gasteiger partial charge in [-0.3, -0.25) is 9.78 Å². The van der Waals surface area contributed by atoms with Crippen molar-refractivity contribution in [2.24, 2.45) is 0 Å². The molecule has 0 saturated heterocycles. The van der Waals surface area contributed by atoms with Crippen LogP contribution in [-0.2, 0) is 19.3 Å². The summed E-state index contributed by atoms with van der Waals surface area (Å²) in [6.07, 6.45) is -4.56. The fourth-order valence-electron chi connectivity index (χ4n) is 3.14. The summed E-state index contributed by atoms with van der Waals surface area (Å²) >= 11 is 0. The Hall–Kier alpha value is -2.97. The lowest BCUT2D eigenvalue weighted by Gasteiger charge is -2.28. The molecule has 1 aliphatic heterocycles. The van der Waals surface area contributed by atoms with Crippen LogP contribution >= 0.6 is 0 Å². The lowest BCUT2D eigenvalue weighted by atomic mass is 10.1. The molecule has 3 aromatic rings. The molecule has 1 amide bonds. The van der Waals surface area contributed by atoms with Gasteiger partial charge in [0, 0.05) is 18.5 Å². The molecular formula is C17H14F3N5O. The number of rotatable bonds is 1. The summed E-state index contributed by atoms with van der Waals surface area (Å²) in [7, 11) is 0. The van der Waals surface area contributed by atoms with Crippen LogP contribution in [0.2, 0.25) is 0 Å². The molecule has 0 saturated carbocycles. The molecule has 1 aromatic carbocycles. The van der Waals surface area contributed by atoms with E-state index < -0.39 is 12.0 Å². The summed E-state index contributed by atoms with van der Waals surface area (Å²) in [5.41, 5.74) is 1.80. The third-order valence-corrected chi connectivity index (χ3v) is 4.44. The molecule has 134 valence electrons. The molecule has 9 heteroatoms. The van der Waals surface area contributed by atoms with Crippen molar-refractivity contribution in [3.8, 4) is 0 Å². The number of carbonyl (C=O) groups excluding carboxylic acids is 1. The number of carbonyl (C=O) groups is 1. The van der Waals surface area contributed by atoms with E-state index in [1.807, 2.05) is 24.3 Å². The molecular weight excluding hydrogens is 347 g/mol. The number of nitrogens with zero attached hydrogens (tertiary/aromatic N) is 5. The number of halogens is 3. The van der Waals surface area contributed by atoms with E-state index in [9.17, 15) is 18.0 Å². The zero-order valence-electron chi connectivity index (χ0n) is 13.8. The van der Waals surface area contributed by atoms with E-state index >= 15 is 0 Å². The van der Waals surface area contributed by atoms with Crippen LogP contribution < -0.4 is 0 Å². The van der Waals surface area contributed by atoms with Crippen molar-refractivity contribution < 1.29 is 18.0 Å². The molecule has 0 spiro atoms. The van der Waals surface area contributed by atoms with Gasteiger partial charge in [0.15, 0.2) is 5.82 Å². The molecule has 3 heterocycles. The smallest absolute Gasteiger partial charge is 0.329 e. The SMILES string of the molecule is Cc1nc2ccccc2cc1C(=O)N1CCn2c(nnc2C(F)(F)F)C1. The average molecular weight is 361 g/mol. The number of para-hydroxylation sites is 1. The summed E-state index contributed by atoms with van der Waals surface area (Å²) in [6, 6.07) is 9.21. The second kappa shape index (κ2) is 5.79. The van der Waals surface area contributed by atoms with E-state index in [1.165, 1.54) is 4.90 Å². The van der Waals surface area contributed by atoms with Crippen LogP contribution in [0.15, 0.2) is 30.3 Å². The Kier molecular flexibility index (Phi) is 3.67. The minimum Gasteiger partial charge on any atom is -0.329 e. The van der Waals surface area contributed by atoms with E-state index in [1.54, 1.807) is 13.0 Å². The molecule has 1 aliphatic rings. The Morgan fingerprint density at radius 1 is 1.15 bits per heavy atom. The highest BCUT2D eigenvalue weighted by atomic mass is 19.4. The molecule has 0 N–H and O–H groups in total. The number of aromatic nitrogens is 4. The number of fused-ring (bicyclic) bond motifs is 2. The van der Waals surface area contributed by atoms with Gasteiger partial charge in [0.1, 0.15) is 0 Å². The second-order valence-corrected chi connectivity index (χ2v) is 6.13. The first kappa shape index (κ1) is 16.5. The monoisotopic (exact) mass is 361 g/mol. The first-order valence-electron chi connectivity index (χ1n) is 7.99. The molecule has 6 nitrogen and oxygen atoms in total. The van der Waals surface area contributed by atoms with Crippen molar-refractivity contribution in [2.75, 3.05) is 6.54 Å². The Morgan fingerprint density at radius 2 is 1.92 bits per heavy atom. The van der Waals surface area contributed by atoms with Crippen LogP contribution in [0.5, 0.6) is 0 Å². The minimum absolute atomic E-state index is 0.00295. The highest BCUT2D eigenvalue weighted by Crippen LogP contribution is 2.30. The zero-order chi connectivity index (χ0) is 18.5. The molecule has 0 radical (unpaired) electrons. The minimum atomic E-state index is -4.56. The van der Waals surface area contributed by atoms with Crippen molar-refractivity contribution in [3.63, 3.8) is 0 Å². The Labute approximate surface area is 146 Å². The van der Waals surface area contributed by atoms with E-state index in [2.05, 4.69) is 15.2 Å². The molecule has 0 unspecified atom stereocenters. The van der Waals surface area contributed by atoms with Crippen molar-refractivity contribution in [3.05, 3.63) is 53.2 Å². The predicted molar refractivity (Wildman–Crippen MR) is 86.2 cm³/mol. The van der Waals surface area contributed by atoms with Crippen molar-refractivity contribution in [1.29, 1.82) is 0 Å². The van der Waals surface area contributed by atoms with Gasteiger partial charge in [-0.05, 0) is 19.1 Å². The molecule has 0 bridgehead atoms. The van der Waals surface area contributed by atoms with Gasteiger partial charge < -0.3 is 9.47 Å². The van der Waals surface area contributed by atoms with Gasteiger partial charge in [0.25, 0.3) is 5.91 Å². The summed E-state index contributed by atoms with van der Waals surface area (Å²) < 4.78 is 39.8. The quantitative estimate of drug-likeness (QED) is 0.669. The van der Waals surface area contributed by atoms with Gasteiger partial charge in [-0.15, -0.1) is 10.2 Å². The third kappa shape index (κ3) is 2.69. The number of alkyl halides is 3. The maximum absolute atomic E-state index is 12.9. The van der Waals surface area contributed by atoms with E-state index in [0.717, 1.165) is 15.5 Å². The summed E-state index contributed by atoms with van der Waals surface area (Å²) in [5.74, 6) is -1.17. The maximum atomic E-state index is 12.9. The average Bonchev–Trinajstić information content (AvgIpc) is 3.04. The highest BCUT2D eigenvalue weighted by molar-refractivity contribution is 5.98. The lowest BCUT2D eigenvalue weighted by molar-refractivity contribution is -0.147.